The first kappa shape index (κ1) is 74.1. The van der Waals surface area contributed by atoms with E-state index >= 15 is 0 Å². The maximum atomic E-state index is 13.5. The largest absolute Gasteiger partial charge is 0.454 e. The van der Waals surface area contributed by atoms with E-state index in [1.165, 1.54) is 173 Å². The van der Waals surface area contributed by atoms with Gasteiger partial charge in [0, 0.05) is 6.42 Å². The SMILES string of the molecule is CC/C=C/C=C/C=C\C=C/C=C/CCCCCC(=O)OC1C(OCC(NC(=O)C(O)CCCCCCCCCCCCCCCCCCCCCCCC)C(O)/C=C/CCCCCCCCCCCCC)OC(CO)C(O)C1O. The molecule has 1 amide bonds. The normalized spacial score (nSPS) is 19.3. The second-order valence-corrected chi connectivity index (χ2v) is 22.6. The molecule has 1 aliphatic rings. The van der Waals surface area contributed by atoms with E-state index in [9.17, 15) is 35.1 Å². The summed E-state index contributed by atoms with van der Waals surface area (Å²) in [5, 5.41) is 57.1. The Labute approximate surface area is 483 Å². The molecule has 0 spiro atoms. The summed E-state index contributed by atoms with van der Waals surface area (Å²) in [6.07, 6.45) is 60.9. The van der Waals surface area contributed by atoms with Gasteiger partial charge in [0.05, 0.1) is 25.4 Å². The lowest BCUT2D eigenvalue weighted by Crippen LogP contribution is -2.61. The first-order valence-corrected chi connectivity index (χ1v) is 32.8. The first-order valence-electron chi connectivity index (χ1n) is 32.8. The topological polar surface area (TPSA) is 175 Å². The predicted octanol–water partition coefficient (Wildman–Crippen LogP) is 16.0. The van der Waals surface area contributed by atoms with Gasteiger partial charge in [-0.25, -0.2) is 0 Å². The maximum Gasteiger partial charge on any atom is 0.306 e. The number of nitrogens with one attached hydrogen (secondary N) is 1. The fraction of sp³-hybridized carbons (Fsp3) is 0.794. The average molecular weight is 1110 g/mol. The number of hydrogen-bond donors (Lipinski definition) is 6. The summed E-state index contributed by atoms with van der Waals surface area (Å²) in [5.41, 5.74) is 0. The van der Waals surface area contributed by atoms with E-state index in [4.69, 9.17) is 14.2 Å². The van der Waals surface area contributed by atoms with Gasteiger partial charge in [0.15, 0.2) is 12.4 Å². The van der Waals surface area contributed by atoms with Gasteiger partial charge in [-0.1, -0.05) is 306 Å². The number of carbonyl (C=O) groups is 2. The Morgan fingerprint density at radius 2 is 0.911 bits per heavy atom. The summed E-state index contributed by atoms with van der Waals surface area (Å²) >= 11 is 0. The number of hydrogen-bond acceptors (Lipinski definition) is 10. The molecule has 8 atom stereocenters. The van der Waals surface area contributed by atoms with Gasteiger partial charge in [-0.2, -0.15) is 0 Å². The van der Waals surface area contributed by atoms with Gasteiger partial charge in [-0.3, -0.25) is 9.59 Å². The second kappa shape index (κ2) is 55.6. The number of rotatable bonds is 55. The van der Waals surface area contributed by atoms with Gasteiger partial charge in [-0.15, -0.1) is 0 Å². The van der Waals surface area contributed by atoms with Crippen LogP contribution < -0.4 is 5.32 Å². The molecule has 458 valence electrons. The molecule has 1 rings (SSSR count). The molecule has 0 saturated carbocycles. The zero-order valence-electron chi connectivity index (χ0n) is 50.7. The van der Waals surface area contributed by atoms with Crippen molar-refractivity contribution in [1.29, 1.82) is 0 Å². The fourth-order valence-corrected chi connectivity index (χ4v) is 10.1. The molecule has 11 nitrogen and oxygen atoms in total. The van der Waals surface area contributed by atoms with Gasteiger partial charge in [0.25, 0.3) is 0 Å². The number of ether oxygens (including phenoxy) is 3. The molecule has 1 heterocycles. The Kier molecular flexibility index (Phi) is 52.2. The summed E-state index contributed by atoms with van der Waals surface area (Å²) in [5.74, 6) is -1.23. The van der Waals surface area contributed by atoms with E-state index in [1.807, 2.05) is 54.7 Å². The number of aliphatic hydroxyl groups excluding tert-OH is 5. The standard InChI is InChI=1S/C68H121NO10/c1-4-7-10-13-16-19-22-25-27-28-29-30-31-32-33-35-37-40-43-46-49-52-55-61(72)67(76)69-59(60(71)54-51-48-45-42-39-36-24-21-18-15-12-9-6-3)58-77-68-66(65(75)64(74)62(57-70)78-68)79-63(73)56-53-50-47-44-41-38-34-26-23-20-17-14-11-8-5-2/h8,11,14,17,20,23,26,34,38,41,51,54,59-62,64-66,68,70-72,74-75H,4-7,9-10,12-13,15-16,18-19,21-22,24-25,27-33,35-37,39-40,42-50,52-53,55-58H2,1-3H3,(H,69,76)/b11-8+,17-14+,23-20-,34-26-,41-38+,54-51+. The summed E-state index contributed by atoms with van der Waals surface area (Å²) in [6.45, 7) is 5.65. The average Bonchev–Trinajstić information content (AvgIpc) is 3.50. The molecule has 8 unspecified atom stereocenters. The minimum atomic E-state index is -1.63. The highest BCUT2D eigenvalue weighted by Crippen LogP contribution is 2.26. The van der Waals surface area contributed by atoms with E-state index in [-0.39, 0.29) is 19.4 Å². The molecule has 11 heteroatoms. The van der Waals surface area contributed by atoms with Gasteiger partial charge >= 0.3 is 5.97 Å². The van der Waals surface area contributed by atoms with Crippen LogP contribution in [-0.2, 0) is 23.8 Å². The highest BCUT2D eigenvalue weighted by atomic mass is 16.7. The molecule has 1 saturated heterocycles. The summed E-state index contributed by atoms with van der Waals surface area (Å²) < 4.78 is 17.6. The quantitative estimate of drug-likeness (QED) is 0.0149. The Balaban J connectivity index is 2.65. The van der Waals surface area contributed by atoms with Crippen molar-refractivity contribution in [2.45, 2.75) is 333 Å². The molecule has 0 aromatic heterocycles. The van der Waals surface area contributed by atoms with E-state index in [0.717, 1.165) is 64.2 Å². The molecule has 1 fully saturated rings. The maximum absolute atomic E-state index is 13.5. The summed E-state index contributed by atoms with van der Waals surface area (Å²) in [6, 6.07) is -1.03. The Morgan fingerprint density at radius 3 is 1.37 bits per heavy atom. The minimum absolute atomic E-state index is 0.0730. The van der Waals surface area contributed by atoms with Gasteiger partial charge in [0.2, 0.25) is 5.91 Å². The number of aliphatic hydroxyl groups is 5. The van der Waals surface area contributed by atoms with Crippen LogP contribution in [0.2, 0.25) is 0 Å². The number of esters is 1. The van der Waals surface area contributed by atoms with E-state index in [0.29, 0.717) is 12.8 Å². The number of allylic oxidation sites excluding steroid dienone is 11. The van der Waals surface area contributed by atoms with E-state index in [2.05, 4.69) is 38.2 Å². The lowest BCUT2D eigenvalue weighted by molar-refractivity contribution is -0.305. The van der Waals surface area contributed by atoms with Crippen LogP contribution in [0.15, 0.2) is 72.9 Å². The molecule has 0 aromatic carbocycles. The number of carbonyl (C=O) groups excluding carboxylic acids is 2. The van der Waals surface area contributed by atoms with Crippen molar-refractivity contribution in [3.63, 3.8) is 0 Å². The van der Waals surface area contributed by atoms with Crippen LogP contribution in [0.3, 0.4) is 0 Å². The molecule has 1 aliphatic heterocycles. The third-order valence-electron chi connectivity index (χ3n) is 15.3. The van der Waals surface area contributed by atoms with Crippen molar-refractivity contribution in [3.8, 4) is 0 Å². The van der Waals surface area contributed by atoms with Crippen molar-refractivity contribution in [2.75, 3.05) is 13.2 Å². The highest BCUT2D eigenvalue weighted by Gasteiger charge is 2.47. The molecule has 0 aromatic rings. The number of unbranched alkanes of at least 4 members (excludes halogenated alkanes) is 35. The molecule has 6 N–H and O–H groups in total. The Bertz CT molecular complexity index is 1560. The summed E-state index contributed by atoms with van der Waals surface area (Å²) in [4.78, 5) is 26.6. The van der Waals surface area contributed by atoms with Crippen LogP contribution in [0.25, 0.3) is 0 Å². The Hall–Kier alpha value is -2.90. The van der Waals surface area contributed by atoms with Crippen LogP contribution in [0, 0.1) is 0 Å². The van der Waals surface area contributed by atoms with Gasteiger partial charge in [-0.05, 0) is 44.9 Å². The number of amides is 1. The molecule has 79 heavy (non-hydrogen) atoms. The fourth-order valence-electron chi connectivity index (χ4n) is 10.1. The molecular formula is C68H121NO10. The molecule has 0 radical (unpaired) electrons. The highest BCUT2D eigenvalue weighted by molar-refractivity contribution is 5.80. The van der Waals surface area contributed by atoms with Crippen molar-refractivity contribution >= 4 is 11.9 Å². The monoisotopic (exact) mass is 1110 g/mol. The minimum Gasteiger partial charge on any atom is -0.454 e. The smallest absolute Gasteiger partial charge is 0.306 e. The van der Waals surface area contributed by atoms with Crippen molar-refractivity contribution in [3.05, 3.63) is 72.9 Å². The van der Waals surface area contributed by atoms with E-state index in [1.54, 1.807) is 6.08 Å². The van der Waals surface area contributed by atoms with E-state index < -0.39 is 67.4 Å². The van der Waals surface area contributed by atoms with Gasteiger partial charge < -0.3 is 45.1 Å². The molecule has 0 aliphatic carbocycles. The van der Waals surface area contributed by atoms with Crippen molar-refractivity contribution in [1.82, 2.24) is 5.32 Å². The van der Waals surface area contributed by atoms with Crippen LogP contribution in [0.1, 0.15) is 284 Å². The first-order chi connectivity index (χ1) is 38.7. The summed E-state index contributed by atoms with van der Waals surface area (Å²) in [7, 11) is 0. The third kappa shape index (κ3) is 43.5. The van der Waals surface area contributed by atoms with Crippen molar-refractivity contribution < 1.29 is 49.3 Å². The van der Waals surface area contributed by atoms with Crippen LogP contribution in [0.4, 0.5) is 0 Å². The lowest BCUT2D eigenvalue weighted by atomic mass is 9.99. The molecule has 0 bridgehead atoms. The van der Waals surface area contributed by atoms with Crippen molar-refractivity contribution in [2.24, 2.45) is 0 Å². The second-order valence-electron chi connectivity index (χ2n) is 22.6. The third-order valence-corrected chi connectivity index (χ3v) is 15.3. The van der Waals surface area contributed by atoms with Crippen LogP contribution in [0.5, 0.6) is 0 Å². The Morgan fingerprint density at radius 1 is 0.506 bits per heavy atom. The van der Waals surface area contributed by atoms with Gasteiger partial charge in [0.1, 0.15) is 24.4 Å². The molecular weight excluding hydrogens is 991 g/mol. The zero-order chi connectivity index (χ0) is 57.5. The van der Waals surface area contributed by atoms with Crippen LogP contribution >= 0.6 is 0 Å². The lowest BCUT2D eigenvalue weighted by Gasteiger charge is -2.41. The zero-order valence-corrected chi connectivity index (χ0v) is 50.7. The van der Waals surface area contributed by atoms with Crippen LogP contribution in [-0.4, -0.2) is 99.6 Å². The predicted molar refractivity (Wildman–Crippen MR) is 329 cm³/mol.